The third-order valence-electron chi connectivity index (χ3n) is 4.54. The lowest BCUT2D eigenvalue weighted by Crippen LogP contribution is -2.20. The Kier molecular flexibility index (Phi) is 18.0. The lowest BCUT2D eigenvalue weighted by molar-refractivity contribution is 0.314. The molecular weight excluding hydrogens is 254 g/mol. The highest BCUT2D eigenvalue weighted by molar-refractivity contribution is 4.54. The van der Waals surface area contributed by atoms with Crippen molar-refractivity contribution in [2.45, 2.75) is 110 Å². The van der Waals surface area contributed by atoms with Crippen LogP contribution in [0, 0.1) is 0 Å². The fraction of sp³-hybridized carbons (Fsp3) is 1.00. The van der Waals surface area contributed by atoms with Gasteiger partial charge in [-0.2, -0.15) is 0 Å². The van der Waals surface area contributed by atoms with Crippen LogP contribution < -0.4 is 0 Å². The number of nitrogens with zero attached hydrogens (tertiary/aromatic N) is 1. The molecule has 0 saturated heterocycles. The van der Waals surface area contributed by atoms with Gasteiger partial charge in [-0.1, -0.05) is 97.3 Å². The zero-order chi connectivity index (χ0) is 15.6. The molecule has 0 atom stereocenters. The SMILES string of the molecule is CCCCCCCCCCCN(C)CCCCCCCC. The smallest absolute Gasteiger partial charge is 0.00218 e. The highest BCUT2D eigenvalue weighted by atomic mass is 15.1. The van der Waals surface area contributed by atoms with Crippen LogP contribution in [0.2, 0.25) is 0 Å². The molecule has 0 aliphatic carbocycles. The molecule has 1 nitrogen and oxygen atoms in total. The lowest BCUT2D eigenvalue weighted by atomic mass is 10.1. The van der Waals surface area contributed by atoms with Crippen LogP contribution in [-0.2, 0) is 0 Å². The monoisotopic (exact) mass is 297 g/mol. The third-order valence-corrected chi connectivity index (χ3v) is 4.54. The van der Waals surface area contributed by atoms with Crippen molar-refractivity contribution in [3.8, 4) is 0 Å². The van der Waals surface area contributed by atoms with Crippen molar-refractivity contribution < 1.29 is 0 Å². The summed E-state index contributed by atoms with van der Waals surface area (Å²) >= 11 is 0. The van der Waals surface area contributed by atoms with E-state index in [1.54, 1.807) is 0 Å². The minimum absolute atomic E-state index is 1.31. The molecule has 0 rings (SSSR count). The first-order valence-corrected chi connectivity index (χ1v) is 9.99. The molecular formula is C20H43N. The van der Waals surface area contributed by atoms with Crippen LogP contribution in [0.3, 0.4) is 0 Å². The third kappa shape index (κ3) is 17.9. The Morgan fingerprint density at radius 2 is 0.714 bits per heavy atom. The molecule has 1 heteroatoms. The van der Waals surface area contributed by atoms with Crippen LogP contribution in [0.5, 0.6) is 0 Å². The Morgan fingerprint density at radius 1 is 0.429 bits per heavy atom. The van der Waals surface area contributed by atoms with Gasteiger partial charge in [0.25, 0.3) is 0 Å². The van der Waals surface area contributed by atoms with E-state index in [9.17, 15) is 0 Å². The normalized spacial score (nSPS) is 11.4. The molecule has 0 radical (unpaired) electrons. The van der Waals surface area contributed by atoms with Crippen LogP contribution in [0.4, 0.5) is 0 Å². The summed E-state index contributed by atoms with van der Waals surface area (Å²) in [5.74, 6) is 0. The Balaban J connectivity index is 3.10. The molecule has 0 aromatic heterocycles. The molecule has 0 heterocycles. The highest BCUT2D eigenvalue weighted by Crippen LogP contribution is 2.10. The maximum absolute atomic E-state index is 2.54. The van der Waals surface area contributed by atoms with E-state index in [0.717, 1.165) is 0 Å². The van der Waals surface area contributed by atoms with Crippen molar-refractivity contribution in [3.63, 3.8) is 0 Å². The van der Waals surface area contributed by atoms with Crippen molar-refractivity contribution in [1.82, 2.24) is 4.90 Å². The molecule has 0 aliphatic rings. The van der Waals surface area contributed by atoms with Crippen LogP contribution in [0.15, 0.2) is 0 Å². The molecule has 0 bridgehead atoms. The van der Waals surface area contributed by atoms with E-state index in [0.29, 0.717) is 0 Å². The second-order valence-electron chi connectivity index (χ2n) is 6.90. The van der Waals surface area contributed by atoms with Crippen molar-refractivity contribution in [1.29, 1.82) is 0 Å². The zero-order valence-electron chi connectivity index (χ0n) is 15.5. The molecule has 0 amide bonds. The van der Waals surface area contributed by atoms with E-state index in [1.807, 2.05) is 0 Å². The summed E-state index contributed by atoms with van der Waals surface area (Å²) in [7, 11) is 2.30. The van der Waals surface area contributed by atoms with Crippen LogP contribution in [-0.4, -0.2) is 25.0 Å². The minimum Gasteiger partial charge on any atom is -0.306 e. The minimum atomic E-state index is 1.31. The summed E-state index contributed by atoms with van der Waals surface area (Å²) < 4.78 is 0. The molecule has 0 aliphatic heterocycles. The average Bonchev–Trinajstić information content (AvgIpc) is 2.49. The van der Waals surface area contributed by atoms with Gasteiger partial charge < -0.3 is 4.90 Å². The number of unbranched alkanes of at least 4 members (excludes halogenated alkanes) is 13. The van der Waals surface area contributed by atoms with Gasteiger partial charge >= 0.3 is 0 Å². The van der Waals surface area contributed by atoms with Crippen molar-refractivity contribution in [2.24, 2.45) is 0 Å². The van der Waals surface area contributed by atoms with Crippen LogP contribution in [0.1, 0.15) is 110 Å². The topological polar surface area (TPSA) is 3.24 Å². The standard InChI is InChI=1S/C20H43N/c1-4-6-8-10-12-13-14-16-18-20-21(3)19-17-15-11-9-7-5-2/h4-20H2,1-3H3. The summed E-state index contributed by atoms with van der Waals surface area (Å²) in [6.45, 7) is 7.20. The van der Waals surface area contributed by atoms with Crippen LogP contribution >= 0.6 is 0 Å². The van der Waals surface area contributed by atoms with E-state index < -0.39 is 0 Å². The van der Waals surface area contributed by atoms with Gasteiger partial charge in [-0.05, 0) is 33.0 Å². The van der Waals surface area contributed by atoms with Gasteiger partial charge in [0.15, 0.2) is 0 Å². The maximum Gasteiger partial charge on any atom is -0.00218 e. The van der Waals surface area contributed by atoms with Gasteiger partial charge in [0, 0.05) is 0 Å². The van der Waals surface area contributed by atoms with Gasteiger partial charge in [-0.25, -0.2) is 0 Å². The Morgan fingerprint density at radius 3 is 1.05 bits per heavy atom. The van der Waals surface area contributed by atoms with Gasteiger partial charge in [-0.3, -0.25) is 0 Å². The summed E-state index contributed by atoms with van der Waals surface area (Å²) in [5.41, 5.74) is 0. The molecule has 0 fully saturated rings. The second-order valence-corrected chi connectivity index (χ2v) is 6.90. The van der Waals surface area contributed by atoms with E-state index in [4.69, 9.17) is 0 Å². The molecule has 0 spiro atoms. The summed E-state index contributed by atoms with van der Waals surface area (Å²) in [5, 5.41) is 0. The van der Waals surface area contributed by atoms with E-state index in [2.05, 4.69) is 25.8 Å². The molecule has 128 valence electrons. The largest absolute Gasteiger partial charge is 0.306 e. The Hall–Kier alpha value is -0.0400. The van der Waals surface area contributed by atoms with Crippen molar-refractivity contribution in [3.05, 3.63) is 0 Å². The van der Waals surface area contributed by atoms with Gasteiger partial charge in [-0.15, -0.1) is 0 Å². The number of rotatable bonds is 17. The molecule has 0 N–H and O–H groups in total. The first kappa shape index (κ1) is 21.0. The summed E-state index contributed by atoms with van der Waals surface area (Å²) in [6, 6.07) is 0. The van der Waals surface area contributed by atoms with Crippen LogP contribution in [0.25, 0.3) is 0 Å². The number of hydrogen-bond acceptors (Lipinski definition) is 1. The van der Waals surface area contributed by atoms with Gasteiger partial charge in [0.1, 0.15) is 0 Å². The molecule has 21 heavy (non-hydrogen) atoms. The summed E-state index contributed by atoms with van der Waals surface area (Å²) in [6.07, 6.45) is 21.5. The number of hydrogen-bond donors (Lipinski definition) is 0. The fourth-order valence-corrected chi connectivity index (χ4v) is 2.97. The predicted molar refractivity (Wildman–Crippen MR) is 98.1 cm³/mol. The van der Waals surface area contributed by atoms with Crippen molar-refractivity contribution >= 4 is 0 Å². The van der Waals surface area contributed by atoms with E-state index in [1.165, 1.54) is 109 Å². The zero-order valence-corrected chi connectivity index (χ0v) is 15.5. The van der Waals surface area contributed by atoms with E-state index >= 15 is 0 Å². The molecule has 0 aromatic rings. The van der Waals surface area contributed by atoms with E-state index in [-0.39, 0.29) is 0 Å². The van der Waals surface area contributed by atoms with Crippen molar-refractivity contribution in [2.75, 3.05) is 20.1 Å². The Bertz CT molecular complexity index is 179. The maximum atomic E-state index is 2.54. The van der Waals surface area contributed by atoms with Gasteiger partial charge in [0.2, 0.25) is 0 Å². The average molecular weight is 298 g/mol. The Labute approximate surface area is 135 Å². The lowest BCUT2D eigenvalue weighted by Gasteiger charge is -2.16. The molecule has 0 aromatic carbocycles. The first-order chi connectivity index (χ1) is 10.3. The molecule has 0 saturated carbocycles. The highest BCUT2D eigenvalue weighted by Gasteiger charge is 1.98. The molecule has 0 unspecified atom stereocenters. The quantitative estimate of drug-likeness (QED) is 0.266. The fourth-order valence-electron chi connectivity index (χ4n) is 2.97. The summed E-state index contributed by atoms with van der Waals surface area (Å²) in [4.78, 5) is 2.54. The first-order valence-electron chi connectivity index (χ1n) is 9.99. The van der Waals surface area contributed by atoms with Gasteiger partial charge in [0.05, 0.1) is 0 Å². The second kappa shape index (κ2) is 18.0. The predicted octanol–water partition coefficient (Wildman–Crippen LogP) is 6.81.